The second-order valence-corrected chi connectivity index (χ2v) is 5.15. The van der Waals surface area contributed by atoms with Gasteiger partial charge in [-0.2, -0.15) is 13.2 Å². The largest absolute Gasteiger partial charge is 0.421 e. The molecule has 1 aromatic heterocycles. The van der Waals surface area contributed by atoms with Crippen LogP contribution in [-0.4, -0.2) is 46.9 Å². The van der Waals surface area contributed by atoms with E-state index >= 15 is 0 Å². The molecule has 1 aliphatic heterocycles. The van der Waals surface area contributed by atoms with E-state index in [2.05, 4.69) is 27.1 Å². The molecule has 0 saturated carbocycles. The zero-order valence-corrected chi connectivity index (χ0v) is 12.3. The highest BCUT2D eigenvalue weighted by Gasteiger charge is 2.51. The van der Waals surface area contributed by atoms with Crippen molar-refractivity contribution in [2.75, 3.05) is 24.5 Å². The van der Waals surface area contributed by atoms with Gasteiger partial charge in [0.15, 0.2) is 5.60 Å². The van der Waals surface area contributed by atoms with Crippen molar-refractivity contribution in [2.45, 2.75) is 31.7 Å². The van der Waals surface area contributed by atoms with E-state index in [-0.39, 0.29) is 6.04 Å². The molecule has 2 rings (SSSR count). The number of alkyl halides is 3. The topological polar surface area (TPSA) is 61.3 Å². The summed E-state index contributed by atoms with van der Waals surface area (Å²) >= 11 is 0. The average molecular weight is 314 g/mol. The molecule has 0 aliphatic carbocycles. The molecule has 1 saturated heterocycles. The van der Waals surface area contributed by atoms with Crippen LogP contribution < -0.4 is 10.2 Å². The number of hydrogen-bond donors (Lipinski definition) is 2. The molecule has 120 valence electrons. The number of piperazine rings is 1. The second-order valence-electron chi connectivity index (χ2n) is 5.15. The Morgan fingerprint density at radius 3 is 2.55 bits per heavy atom. The first-order valence-electron chi connectivity index (χ1n) is 6.78. The molecule has 0 radical (unpaired) electrons. The maximum absolute atomic E-state index is 12.8. The Bertz CT molecular complexity index is 574. The average Bonchev–Trinajstić information content (AvgIpc) is 2.47. The second kappa shape index (κ2) is 6.10. The number of aliphatic hydroxyl groups is 1. The van der Waals surface area contributed by atoms with Crippen molar-refractivity contribution < 1.29 is 18.3 Å². The van der Waals surface area contributed by atoms with E-state index in [1.165, 1.54) is 0 Å². The minimum Gasteiger partial charge on any atom is -0.376 e. The fraction of sp³-hybridized carbons (Fsp3) is 0.571. The van der Waals surface area contributed by atoms with Crippen LogP contribution in [0.3, 0.4) is 0 Å². The molecule has 0 spiro atoms. The molecule has 0 unspecified atom stereocenters. The summed E-state index contributed by atoms with van der Waals surface area (Å²) in [6.45, 7) is 4.35. The van der Waals surface area contributed by atoms with Gasteiger partial charge in [0.05, 0.1) is 0 Å². The van der Waals surface area contributed by atoms with Gasteiger partial charge >= 0.3 is 6.18 Å². The SMILES string of the molecule is CC#C[C@H]1CNCCN1c1ncc([C@](C)(O)C(F)(F)F)cn1. The van der Waals surface area contributed by atoms with Crippen LogP contribution >= 0.6 is 0 Å². The number of nitrogens with zero attached hydrogens (tertiary/aromatic N) is 3. The Morgan fingerprint density at radius 2 is 2.00 bits per heavy atom. The zero-order chi connectivity index (χ0) is 16.4. The molecule has 1 fully saturated rings. The smallest absolute Gasteiger partial charge is 0.376 e. The first-order valence-corrected chi connectivity index (χ1v) is 6.78. The van der Waals surface area contributed by atoms with Gasteiger partial charge < -0.3 is 15.3 Å². The van der Waals surface area contributed by atoms with E-state index in [9.17, 15) is 18.3 Å². The van der Waals surface area contributed by atoms with Crippen molar-refractivity contribution in [1.82, 2.24) is 15.3 Å². The number of halogens is 3. The lowest BCUT2D eigenvalue weighted by Gasteiger charge is -2.33. The summed E-state index contributed by atoms with van der Waals surface area (Å²) in [5, 5.41) is 12.8. The third-order valence-corrected chi connectivity index (χ3v) is 3.56. The van der Waals surface area contributed by atoms with Crippen molar-refractivity contribution in [2.24, 2.45) is 0 Å². The minimum absolute atomic E-state index is 0.132. The van der Waals surface area contributed by atoms with Crippen LogP contribution in [0.5, 0.6) is 0 Å². The van der Waals surface area contributed by atoms with Crippen molar-refractivity contribution >= 4 is 5.95 Å². The molecule has 5 nitrogen and oxygen atoms in total. The maximum atomic E-state index is 12.8. The molecule has 2 atom stereocenters. The van der Waals surface area contributed by atoms with Gasteiger partial charge in [0.1, 0.15) is 6.04 Å². The van der Waals surface area contributed by atoms with Gasteiger partial charge in [0.25, 0.3) is 0 Å². The predicted octanol–water partition coefficient (Wildman–Crippen LogP) is 1.05. The lowest BCUT2D eigenvalue weighted by Crippen LogP contribution is -2.51. The summed E-state index contributed by atoms with van der Waals surface area (Å²) in [6, 6.07) is -0.132. The fourth-order valence-electron chi connectivity index (χ4n) is 2.12. The van der Waals surface area contributed by atoms with Gasteiger partial charge in [0.2, 0.25) is 5.95 Å². The van der Waals surface area contributed by atoms with Crippen LogP contribution in [0.2, 0.25) is 0 Å². The first-order chi connectivity index (χ1) is 10.3. The number of hydrogen-bond acceptors (Lipinski definition) is 5. The molecule has 22 heavy (non-hydrogen) atoms. The Morgan fingerprint density at radius 1 is 1.36 bits per heavy atom. The van der Waals surface area contributed by atoms with E-state index in [0.29, 0.717) is 32.5 Å². The monoisotopic (exact) mass is 314 g/mol. The third kappa shape index (κ3) is 3.15. The molecule has 2 heterocycles. The Labute approximate surface area is 126 Å². The van der Waals surface area contributed by atoms with Gasteiger partial charge in [-0.05, 0) is 13.8 Å². The van der Waals surface area contributed by atoms with E-state index in [0.717, 1.165) is 12.4 Å². The Kier molecular flexibility index (Phi) is 4.58. The van der Waals surface area contributed by atoms with Crippen molar-refractivity contribution in [3.8, 4) is 11.8 Å². The van der Waals surface area contributed by atoms with E-state index in [4.69, 9.17) is 0 Å². The van der Waals surface area contributed by atoms with Crippen molar-refractivity contribution in [3.05, 3.63) is 18.0 Å². The van der Waals surface area contributed by atoms with Gasteiger partial charge in [0, 0.05) is 37.6 Å². The van der Waals surface area contributed by atoms with Gasteiger partial charge in [-0.15, -0.1) is 5.92 Å². The first kappa shape index (κ1) is 16.5. The number of aromatic nitrogens is 2. The number of anilines is 1. The molecule has 0 amide bonds. The van der Waals surface area contributed by atoms with Crippen molar-refractivity contribution in [3.63, 3.8) is 0 Å². The predicted molar refractivity (Wildman–Crippen MR) is 75.1 cm³/mol. The van der Waals surface area contributed by atoms with E-state index in [1.807, 2.05) is 4.90 Å². The van der Waals surface area contributed by atoms with Gasteiger partial charge in [-0.1, -0.05) is 5.92 Å². The van der Waals surface area contributed by atoms with Crippen LogP contribution in [0.15, 0.2) is 12.4 Å². The minimum atomic E-state index is -4.79. The summed E-state index contributed by atoms with van der Waals surface area (Å²) in [4.78, 5) is 9.78. The molecule has 8 heteroatoms. The van der Waals surface area contributed by atoms with Crippen LogP contribution in [0.1, 0.15) is 19.4 Å². The Hall–Kier alpha value is -1.85. The molecule has 0 bridgehead atoms. The zero-order valence-electron chi connectivity index (χ0n) is 12.3. The Balaban J connectivity index is 2.26. The quantitative estimate of drug-likeness (QED) is 0.799. The summed E-state index contributed by atoms with van der Waals surface area (Å²) in [7, 11) is 0. The molecular formula is C14H17F3N4O. The highest BCUT2D eigenvalue weighted by Crippen LogP contribution is 2.38. The number of rotatable bonds is 2. The third-order valence-electron chi connectivity index (χ3n) is 3.56. The summed E-state index contributed by atoms with van der Waals surface area (Å²) in [5.74, 6) is 6.12. The lowest BCUT2D eigenvalue weighted by molar-refractivity contribution is -0.259. The van der Waals surface area contributed by atoms with Crippen LogP contribution in [0, 0.1) is 11.8 Å². The van der Waals surface area contributed by atoms with Crippen molar-refractivity contribution in [1.29, 1.82) is 0 Å². The lowest BCUT2D eigenvalue weighted by atomic mass is 9.99. The molecule has 0 aromatic carbocycles. The fourth-order valence-corrected chi connectivity index (χ4v) is 2.12. The van der Waals surface area contributed by atoms with Gasteiger partial charge in [-0.25, -0.2) is 9.97 Å². The molecule has 2 N–H and O–H groups in total. The normalized spacial score (nSPS) is 21.7. The molecular weight excluding hydrogens is 297 g/mol. The summed E-state index contributed by atoms with van der Waals surface area (Å²) in [6.07, 6.45) is -2.77. The van der Waals surface area contributed by atoms with E-state index in [1.54, 1.807) is 6.92 Å². The highest BCUT2D eigenvalue weighted by atomic mass is 19.4. The molecule has 1 aliphatic rings. The molecule has 1 aromatic rings. The number of nitrogens with one attached hydrogen (secondary N) is 1. The van der Waals surface area contributed by atoms with Gasteiger partial charge in [-0.3, -0.25) is 0 Å². The van der Waals surface area contributed by atoms with E-state index < -0.39 is 17.3 Å². The van der Waals surface area contributed by atoms with Crippen LogP contribution in [0.25, 0.3) is 0 Å². The standard InChI is InChI=1S/C14H17F3N4O/c1-3-4-11-9-18-5-6-21(11)12-19-7-10(8-20-12)13(2,22)14(15,16)17/h7-8,11,18,22H,5-6,9H2,1-2H3/t11-,13-/m0/s1. The van der Waals surface area contributed by atoms with Crippen LogP contribution in [-0.2, 0) is 5.60 Å². The maximum Gasteiger partial charge on any atom is 0.421 e. The summed E-state index contributed by atoms with van der Waals surface area (Å²) < 4.78 is 38.4. The highest BCUT2D eigenvalue weighted by molar-refractivity contribution is 5.38. The van der Waals surface area contributed by atoms with Crippen LogP contribution in [0.4, 0.5) is 19.1 Å². The summed E-state index contributed by atoms with van der Waals surface area (Å²) in [5.41, 5.74) is -3.37.